The number of hydrogen-bond donors (Lipinski definition) is 2. The molecule has 1 fully saturated rings. The summed E-state index contributed by atoms with van der Waals surface area (Å²) in [5.74, 6) is 1.57. The number of nitrogens with one attached hydrogen (secondary N) is 1. The van der Waals surface area contributed by atoms with Crippen molar-refractivity contribution in [1.29, 1.82) is 0 Å². The largest absolute Gasteiger partial charge is 0.490 e. The van der Waals surface area contributed by atoms with Gasteiger partial charge in [0.05, 0.1) is 7.11 Å². The molecule has 2 rings (SSSR count). The Hall–Kier alpha value is -1.56. The standard InChI is InChI=1S/C12H21N5O/c1-3-17-6-4-5-9(17)7-14-12-10(18-2)11(13)15-8-16-12/h8-9H,3-7H2,1-2H3,(H3,13,14,15,16). The molecule has 0 aliphatic carbocycles. The first-order valence-corrected chi connectivity index (χ1v) is 6.38. The summed E-state index contributed by atoms with van der Waals surface area (Å²) in [6, 6.07) is 0.566. The summed E-state index contributed by atoms with van der Waals surface area (Å²) in [6.07, 6.45) is 3.94. The maximum atomic E-state index is 5.74. The van der Waals surface area contributed by atoms with E-state index in [1.807, 2.05) is 0 Å². The highest BCUT2D eigenvalue weighted by Crippen LogP contribution is 2.27. The van der Waals surface area contributed by atoms with Crippen LogP contribution in [-0.4, -0.2) is 47.7 Å². The summed E-state index contributed by atoms with van der Waals surface area (Å²) in [6.45, 7) is 5.34. The molecule has 6 heteroatoms. The van der Waals surface area contributed by atoms with Gasteiger partial charge in [-0.3, -0.25) is 4.90 Å². The molecular formula is C12H21N5O. The van der Waals surface area contributed by atoms with E-state index in [1.54, 1.807) is 7.11 Å². The van der Waals surface area contributed by atoms with Gasteiger partial charge in [0.1, 0.15) is 6.33 Å². The predicted molar refractivity (Wildman–Crippen MR) is 71.8 cm³/mol. The van der Waals surface area contributed by atoms with E-state index < -0.39 is 0 Å². The second-order valence-electron chi connectivity index (χ2n) is 4.45. The molecule has 1 atom stereocenters. The minimum Gasteiger partial charge on any atom is -0.490 e. The van der Waals surface area contributed by atoms with Crippen molar-refractivity contribution in [1.82, 2.24) is 14.9 Å². The van der Waals surface area contributed by atoms with Crippen molar-refractivity contribution in [3.05, 3.63) is 6.33 Å². The third-order valence-electron chi connectivity index (χ3n) is 3.45. The molecule has 1 aliphatic rings. The van der Waals surface area contributed by atoms with E-state index in [2.05, 4.69) is 27.1 Å². The molecule has 0 radical (unpaired) electrons. The minimum absolute atomic E-state index is 0.369. The highest BCUT2D eigenvalue weighted by molar-refractivity contribution is 5.61. The molecule has 1 unspecified atom stereocenters. The quantitative estimate of drug-likeness (QED) is 0.812. The lowest BCUT2D eigenvalue weighted by Crippen LogP contribution is -2.34. The van der Waals surface area contributed by atoms with Gasteiger partial charge in [0.15, 0.2) is 11.6 Å². The molecule has 18 heavy (non-hydrogen) atoms. The van der Waals surface area contributed by atoms with Crippen LogP contribution in [0.4, 0.5) is 11.6 Å². The van der Waals surface area contributed by atoms with Crippen molar-refractivity contribution in [2.75, 3.05) is 37.8 Å². The van der Waals surface area contributed by atoms with Crippen LogP contribution in [0, 0.1) is 0 Å². The van der Waals surface area contributed by atoms with E-state index in [0.29, 0.717) is 23.4 Å². The van der Waals surface area contributed by atoms with Gasteiger partial charge in [0.25, 0.3) is 0 Å². The van der Waals surface area contributed by atoms with Gasteiger partial charge in [-0.15, -0.1) is 0 Å². The summed E-state index contributed by atoms with van der Waals surface area (Å²) in [5.41, 5.74) is 5.74. The van der Waals surface area contributed by atoms with Crippen LogP contribution in [0.3, 0.4) is 0 Å². The summed E-state index contributed by atoms with van der Waals surface area (Å²) < 4.78 is 5.22. The number of anilines is 2. The van der Waals surface area contributed by atoms with Gasteiger partial charge in [-0.1, -0.05) is 6.92 Å². The Morgan fingerprint density at radius 3 is 3.11 bits per heavy atom. The number of methoxy groups -OCH3 is 1. The average molecular weight is 251 g/mol. The van der Waals surface area contributed by atoms with Gasteiger partial charge >= 0.3 is 0 Å². The lowest BCUT2D eigenvalue weighted by molar-refractivity contribution is 0.276. The molecule has 3 N–H and O–H groups in total. The maximum absolute atomic E-state index is 5.74. The molecular weight excluding hydrogens is 230 g/mol. The number of aromatic nitrogens is 2. The number of nitrogens with zero attached hydrogens (tertiary/aromatic N) is 3. The Kier molecular flexibility index (Phi) is 4.19. The van der Waals surface area contributed by atoms with E-state index in [0.717, 1.165) is 13.1 Å². The van der Waals surface area contributed by atoms with Crippen LogP contribution in [0.1, 0.15) is 19.8 Å². The normalized spacial score (nSPS) is 20.0. The van der Waals surface area contributed by atoms with E-state index in [9.17, 15) is 0 Å². The molecule has 1 aliphatic heterocycles. The first kappa shape index (κ1) is 12.9. The topological polar surface area (TPSA) is 76.3 Å². The highest BCUT2D eigenvalue weighted by atomic mass is 16.5. The molecule has 1 aromatic heterocycles. The van der Waals surface area contributed by atoms with Crippen molar-refractivity contribution >= 4 is 11.6 Å². The van der Waals surface area contributed by atoms with Gasteiger partial charge in [0.2, 0.25) is 5.75 Å². The maximum Gasteiger partial charge on any atom is 0.203 e. The van der Waals surface area contributed by atoms with Crippen molar-refractivity contribution in [3.63, 3.8) is 0 Å². The Morgan fingerprint density at radius 1 is 1.56 bits per heavy atom. The molecule has 2 heterocycles. The monoisotopic (exact) mass is 251 g/mol. The molecule has 0 amide bonds. The van der Waals surface area contributed by atoms with E-state index in [1.165, 1.54) is 25.7 Å². The van der Waals surface area contributed by atoms with Gasteiger partial charge in [-0.05, 0) is 25.9 Å². The number of likely N-dealkylation sites (tertiary alicyclic amines) is 1. The van der Waals surface area contributed by atoms with Gasteiger partial charge in [-0.2, -0.15) is 0 Å². The number of likely N-dealkylation sites (N-methyl/N-ethyl adjacent to an activating group) is 1. The first-order chi connectivity index (χ1) is 8.76. The van der Waals surface area contributed by atoms with Gasteiger partial charge in [-0.25, -0.2) is 9.97 Å². The average Bonchev–Trinajstić information content (AvgIpc) is 2.83. The van der Waals surface area contributed by atoms with Crippen LogP contribution in [0.2, 0.25) is 0 Å². The van der Waals surface area contributed by atoms with Crippen molar-refractivity contribution in [3.8, 4) is 5.75 Å². The first-order valence-electron chi connectivity index (χ1n) is 6.38. The molecule has 0 bridgehead atoms. The zero-order valence-electron chi connectivity index (χ0n) is 11.0. The summed E-state index contributed by atoms with van der Waals surface area (Å²) in [7, 11) is 1.58. The molecule has 0 saturated carbocycles. The fraction of sp³-hybridized carbons (Fsp3) is 0.667. The van der Waals surface area contributed by atoms with Crippen molar-refractivity contribution in [2.24, 2.45) is 0 Å². The highest BCUT2D eigenvalue weighted by Gasteiger charge is 2.23. The van der Waals surface area contributed by atoms with Crippen LogP contribution in [0.15, 0.2) is 6.33 Å². The van der Waals surface area contributed by atoms with Crippen LogP contribution in [0.25, 0.3) is 0 Å². The number of rotatable bonds is 5. The fourth-order valence-electron chi connectivity index (χ4n) is 2.47. The Balaban J connectivity index is 2.00. The number of nitrogens with two attached hydrogens (primary N) is 1. The third-order valence-corrected chi connectivity index (χ3v) is 3.45. The molecule has 100 valence electrons. The summed E-state index contributed by atoms with van der Waals surface area (Å²) >= 11 is 0. The summed E-state index contributed by atoms with van der Waals surface area (Å²) in [4.78, 5) is 10.6. The van der Waals surface area contributed by atoms with Gasteiger partial charge < -0.3 is 15.8 Å². The second kappa shape index (κ2) is 5.86. The number of nitrogen functional groups attached to an aromatic ring is 1. The number of hydrogen-bond acceptors (Lipinski definition) is 6. The predicted octanol–water partition coefficient (Wildman–Crippen LogP) is 0.964. The van der Waals surface area contributed by atoms with E-state index in [4.69, 9.17) is 10.5 Å². The second-order valence-corrected chi connectivity index (χ2v) is 4.45. The number of ether oxygens (including phenoxy) is 1. The smallest absolute Gasteiger partial charge is 0.203 e. The van der Waals surface area contributed by atoms with Crippen LogP contribution in [-0.2, 0) is 0 Å². The van der Waals surface area contributed by atoms with Crippen LogP contribution >= 0.6 is 0 Å². The van der Waals surface area contributed by atoms with E-state index in [-0.39, 0.29) is 0 Å². The van der Waals surface area contributed by atoms with Crippen molar-refractivity contribution < 1.29 is 4.74 Å². The Morgan fingerprint density at radius 2 is 2.39 bits per heavy atom. The Labute approximate surface area is 108 Å². The zero-order chi connectivity index (χ0) is 13.0. The minimum atomic E-state index is 0.369. The lowest BCUT2D eigenvalue weighted by Gasteiger charge is -2.23. The van der Waals surface area contributed by atoms with Crippen molar-refractivity contribution in [2.45, 2.75) is 25.8 Å². The third kappa shape index (κ3) is 2.64. The molecule has 1 saturated heterocycles. The molecule has 1 aromatic rings. The molecule has 0 aromatic carbocycles. The summed E-state index contributed by atoms with van der Waals surface area (Å²) in [5, 5.41) is 3.31. The SMILES string of the molecule is CCN1CCCC1CNc1ncnc(N)c1OC. The lowest BCUT2D eigenvalue weighted by atomic mass is 10.2. The van der Waals surface area contributed by atoms with Crippen LogP contribution < -0.4 is 15.8 Å². The zero-order valence-corrected chi connectivity index (χ0v) is 11.0. The van der Waals surface area contributed by atoms with Crippen LogP contribution in [0.5, 0.6) is 5.75 Å². The Bertz CT molecular complexity index is 398. The fourth-order valence-corrected chi connectivity index (χ4v) is 2.47. The molecule has 6 nitrogen and oxygen atoms in total. The molecule has 0 spiro atoms. The van der Waals surface area contributed by atoms with E-state index >= 15 is 0 Å². The van der Waals surface area contributed by atoms with Gasteiger partial charge in [0, 0.05) is 12.6 Å².